The number of rotatable bonds is 2. The number of hydrogen-bond acceptors (Lipinski definition) is 2. The number of amides is 2. The number of nitrogens with zero attached hydrogens (tertiary/aromatic N) is 2. The van der Waals surface area contributed by atoms with E-state index in [9.17, 15) is 9.59 Å². The van der Waals surface area contributed by atoms with Crippen LogP contribution >= 0.6 is 0 Å². The molecule has 4 unspecified atom stereocenters. The Morgan fingerprint density at radius 3 is 1.30 bits per heavy atom. The van der Waals surface area contributed by atoms with Crippen LogP contribution in [0.3, 0.4) is 0 Å². The lowest BCUT2D eigenvalue weighted by Crippen LogP contribution is -2.60. The minimum Gasteiger partial charge on any atom is -0.324 e. The summed E-state index contributed by atoms with van der Waals surface area (Å²) in [6, 6.07) is 0. The van der Waals surface area contributed by atoms with E-state index in [4.69, 9.17) is 0 Å². The van der Waals surface area contributed by atoms with Gasteiger partial charge in [0.15, 0.2) is 0 Å². The van der Waals surface area contributed by atoms with Crippen molar-refractivity contribution in [2.45, 2.75) is 104 Å². The summed E-state index contributed by atoms with van der Waals surface area (Å²) in [4.78, 5) is 32.7. The van der Waals surface area contributed by atoms with Crippen molar-refractivity contribution in [3.63, 3.8) is 0 Å². The van der Waals surface area contributed by atoms with Gasteiger partial charge in [0.05, 0.1) is 17.5 Å². The van der Waals surface area contributed by atoms with E-state index in [1.54, 1.807) is 0 Å². The molecule has 4 atom stereocenters. The van der Waals surface area contributed by atoms with Gasteiger partial charge >= 0.3 is 0 Å². The van der Waals surface area contributed by atoms with Gasteiger partial charge in [-0.3, -0.25) is 9.59 Å². The van der Waals surface area contributed by atoms with Crippen molar-refractivity contribution in [3.8, 4) is 0 Å². The van der Waals surface area contributed by atoms with Crippen LogP contribution in [0.25, 0.3) is 0 Å². The Morgan fingerprint density at radius 1 is 0.606 bits per heavy atom. The third-order valence-corrected chi connectivity index (χ3v) is 11.6. The first-order valence-corrected chi connectivity index (χ1v) is 14.3. The number of hydrogen-bond donors (Lipinski definition) is 0. The van der Waals surface area contributed by atoms with Gasteiger partial charge in [-0.2, -0.15) is 0 Å². The highest BCUT2D eigenvalue weighted by molar-refractivity contribution is 5.86. The van der Waals surface area contributed by atoms with E-state index >= 15 is 0 Å². The maximum Gasteiger partial charge on any atom is 0.230 e. The Labute approximate surface area is 200 Å². The molecule has 2 amide bonds. The molecule has 0 aromatic carbocycles. The predicted octanol–water partition coefficient (Wildman–Crippen LogP) is 5.61. The van der Waals surface area contributed by atoms with E-state index in [0.717, 1.165) is 88.1 Å². The molecule has 9 fully saturated rings. The van der Waals surface area contributed by atoms with Crippen LogP contribution in [-0.2, 0) is 9.59 Å². The minimum atomic E-state index is -0.119. The van der Waals surface area contributed by atoms with E-state index in [-0.39, 0.29) is 10.8 Å². The second kappa shape index (κ2) is 6.78. The molecule has 1 saturated heterocycles. The molecule has 182 valence electrons. The number of carbonyl (C=O) groups is 2. The molecule has 8 aliphatic carbocycles. The van der Waals surface area contributed by atoms with E-state index in [0.29, 0.717) is 29.3 Å². The van der Waals surface area contributed by atoms with Crippen molar-refractivity contribution >= 4 is 11.8 Å². The lowest BCUT2D eigenvalue weighted by molar-refractivity contribution is -0.174. The molecule has 0 radical (unpaired) electrons. The van der Waals surface area contributed by atoms with Gasteiger partial charge in [-0.1, -0.05) is 13.8 Å². The van der Waals surface area contributed by atoms with Crippen LogP contribution in [0, 0.1) is 45.3 Å². The highest BCUT2D eigenvalue weighted by Crippen LogP contribution is 2.67. The smallest absolute Gasteiger partial charge is 0.230 e. The van der Waals surface area contributed by atoms with Crippen molar-refractivity contribution in [2.24, 2.45) is 45.3 Å². The van der Waals surface area contributed by atoms with Crippen molar-refractivity contribution < 1.29 is 9.59 Å². The van der Waals surface area contributed by atoms with E-state index in [1.165, 1.54) is 38.5 Å². The fourth-order valence-electron chi connectivity index (χ4n) is 11.9. The highest BCUT2D eigenvalue weighted by Gasteiger charge is 2.61. The summed E-state index contributed by atoms with van der Waals surface area (Å²) in [6.07, 6.45) is 16.8. The van der Waals surface area contributed by atoms with Crippen LogP contribution in [0.2, 0.25) is 0 Å². The summed E-state index contributed by atoms with van der Waals surface area (Å²) < 4.78 is 0. The zero-order valence-corrected chi connectivity index (χ0v) is 21.0. The Hall–Kier alpha value is -1.06. The molecule has 9 aliphatic rings. The summed E-state index contributed by atoms with van der Waals surface area (Å²) >= 11 is 0. The topological polar surface area (TPSA) is 40.6 Å². The first-order valence-electron chi connectivity index (χ1n) is 14.3. The van der Waals surface area contributed by atoms with Crippen molar-refractivity contribution in [1.82, 2.24) is 9.80 Å². The summed E-state index contributed by atoms with van der Waals surface area (Å²) in [5.74, 6) is 3.88. The lowest BCUT2D eigenvalue weighted by Gasteiger charge is -2.61. The molecule has 4 heteroatoms. The standard InChI is InChI=1S/C29H44N2O2/c1-26-9-20-7-21(10-26)14-28(13-20,17-26)24(32)30-5-3-4-6-31(19-30)25(33)29-15-22-8-23(16-29)12-27(2,11-22)18-29/h20-23H,3-19H2,1-2H3. The van der Waals surface area contributed by atoms with Gasteiger partial charge in [0.1, 0.15) is 0 Å². The summed E-state index contributed by atoms with van der Waals surface area (Å²) in [6.45, 7) is 7.19. The molecule has 1 heterocycles. The van der Waals surface area contributed by atoms with Crippen LogP contribution < -0.4 is 0 Å². The lowest BCUT2D eigenvalue weighted by atomic mass is 9.44. The van der Waals surface area contributed by atoms with Crippen molar-refractivity contribution in [3.05, 3.63) is 0 Å². The average molecular weight is 453 g/mol. The maximum absolute atomic E-state index is 14.2. The Balaban J connectivity index is 1.13. The van der Waals surface area contributed by atoms with Gasteiger partial charge in [0.2, 0.25) is 11.8 Å². The van der Waals surface area contributed by atoms with Gasteiger partial charge in [-0.15, -0.1) is 0 Å². The van der Waals surface area contributed by atoms with Gasteiger partial charge in [0.25, 0.3) is 0 Å². The fraction of sp³-hybridized carbons (Fsp3) is 0.931. The van der Waals surface area contributed by atoms with Crippen molar-refractivity contribution in [1.29, 1.82) is 0 Å². The van der Waals surface area contributed by atoms with Crippen LogP contribution in [0.5, 0.6) is 0 Å². The van der Waals surface area contributed by atoms with Gasteiger partial charge in [0, 0.05) is 13.1 Å². The molecule has 8 bridgehead atoms. The van der Waals surface area contributed by atoms with E-state index < -0.39 is 0 Å². The molecule has 0 N–H and O–H groups in total. The molecule has 0 spiro atoms. The van der Waals surface area contributed by atoms with Crippen LogP contribution in [0.1, 0.15) is 104 Å². The second-order valence-corrected chi connectivity index (χ2v) is 15.1. The molecule has 9 rings (SSSR count). The van der Waals surface area contributed by atoms with Crippen LogP contribution in [0.15, 0.2) is 0 Å². The maximum atomic E-state index is 14.2. The summed E-state index contributed by atoms with van der Waals surface area (Å²) in [7, 11) is 0. The third-order valence-electron chi connectivity index (χ3n) is 11.6. The van der Waals surface area contributed by atoms with Crippen molar-refractivity contribution in [2.75, 3.05) is 19.8 Å². The fourth-order valence-corrected chi connectivity index (χ4v) is 11.9. The minimum absolute atomic E-state index is 0.119. The van der Waals surface area contributed by atoms with Gasteiger partial charge in [-0.25, -0.2) is 0 Å². The molecular formula is C29H44N2O2. The van der Waals surface area contributed by atoms with Crippen LogP contribution in [0.4, 0.5) is 0 Å². The van der Waals surface area contributed by atoms with E-state index in [2.05, 4.69) is 23.6 Å². The molecule has 8 saturated carbocycles. The summed E-state index contributed by atoms with van der Waals surface area (Å²) in [5, 5.41) is 0. The molecule has 0 aromatic rings. The molecule has 33 heavy (non-hydrogen) atoms. The van der Waals surface area contributed by atoms with Gasteiger partial charge < -0.3 is 9.80 Å². The molecular weight excluding hydrogens is 408 g/mol. The highest BCUT2D eigenvalue weighted by atomic mass is 16.2. The third kappa shape index (κ3) is 3.20. The summed E-state index contributed by atoms with van der Waals surface area (Å²) in [5.41, 5.74) is 0.531. The largest absolute Gasteiger partial charge is 0.324 e. The molecule has 0 aromatic heterocycles. The van der Waals surface area contributed by atoms with E-state index in [1.807, 2.05) is 0 Å². The zero-order valence-electron chi connectivity index (χ0n) is 21.0. The monoisotopic (exact) mass is 452 g/mol. The van der Waals surface area contributed by atoms with Crippen LogP contribution in [-0.4, -0.2) is 41.4 Å². The number of carbonyl (C=O) groups excluding carboxylic acids is 2. The first kappa shape index (κ1) is 21.2. The molecule has 1 aliphatic heterocycles. The first-order chi connectivity index (χ1) is 15.7. The normalized spacial score (nSPS) is 52.3. The Bertz CT molecular complexity index is 781. The molecule has 4 nitrogen and oxygen atoms in total. The average Bonchev–Trinajstić information content (AvgIpc) is 2.95. The van der Waals surface area contributed by atoms with Gasteiger partial charge in [-0.05, 0) is 124 Å². The SMILES string of the molecule is CC12CC3CC(C1)CC(C(=O)N1CCCCN(C(=O)C45CC6CC(CC(C)(C6)C4)C5)C1)(C3)C2. The zero-order chi connectivity index (χ0) is 22.6. The Morgan fingerprint density at radius 2 is 0.970 bits per heavy atom. The predicted molar refractivity (Wildman–Crippen MR) is 128 cm³/mol. The second-order valence-electron chi connectivity index (χ2n) is 15.1. The quantitative estimate of drug-likeness (QED) is 0.546. The Kier molecular flexibility index (Phi) is 4.37.